The van der Waals surface area contributed by atoms with Gasteiger partial charge in [0.1, 0.15) is 12.3 Å². The summed E-state index contributed by atoms with van der Waals surface area (Å²) in [6, 6.07) is 7.40. The number of carbonyl (C=O) groups excluding carboxylic acids is 2. The van der Waals surface area contributed by atoms with Gasteiger partial charge in [0, 0.05) is 19.6 Å². The lowest BCUT2D eigenvalue weighted by molar-refractivity contribution is -0.138. The number of anilines is 1. The number of piperazine rings is 1. The van der Waals surface area contributed by atoms with Gasteiger partial charge in [0.25, 0.3) is 0 Å². The van der Waals surface area contributed by atoms with Crippen LogP contribution in [0.25, 0.3) is 0 Å². The van der Waals surface area contributed by atoms with Gasteiger partial charge in [-0.3, -0.25) is 14.5 Å². The molecular formula is C18H25N3O4. The second kappa shape index (κ2) is 7.84. The third kappa shape index (κ3) is 4.11. The summed E-state index contributed by atoms with van der Waals surface area (Å²) in [6.07, 6.45) is 1.33. The van der Waals surface area contributed by atoms with Crippen LogP contribution in [0.5, 0.6) is 5.75 Å². The van der Waals surface area contributed by atoms with Crippen molar-refractivity contribution in [3.05, 3.63) is 24.3 Å². The van der Waals surface area contributed by atoms with E-state index in [0.29, 0.717) is 25.4 Å². The minimum absolute atomic E-state index is 0.0536. The van der Waals surface area contributed by atoms with Gasteiger partial charge in [-0.05, 0) is 31.5 Å². The van der Waals surface area contributed by atoms with E-state index in [1.54, 1.807) is 16.9 Å². The summed E-state index contributed by atoms with van der Waals surface area (Å²) in [5.74, 6) is 0.489. The number of piperidine rings is 1. The Hall–Kier alpha value is -2.12. The Morgan fingerprint density at radius 3 is 2.80 bits per heavy atom. The number of methoxy groups -OCH3 is 1. The molecule has 2 aliphatic heterocycles. The topological polar surface area (TPSA) is 73.3 Å². The van der Waals surface area contributed by atoms with Crippen molar-refractivity contribution in [2.45, 2.75) is 18.9 Å². The zero-order chi connectivity index (χ0) is 17.8. The molecule has 1 aromatic carbocycles. The quantitative estimate of drug-likeness (QED) is 0.850. The number of carbonyl (C=O) groups is 2. The Morgan fingerprint density at radius 2 is 2.08 bits per heavy atom. The van der Waals surface area contributed by atoms with Gasteiger partial charge in [0.05, 0.1) is 25.4 Å². The van der Waals surface area contributed by atoms with Gasteiger partial charge in [-0.2, -0.15) is 0 Å². The smallest absolute Gasteiger partial charge is 0.246 e. The molecule has 7 heteroatoms. The Balaban J connectivity index is 1.59. The second-order valence-electron chi connectivity index (χ2n) is 6.56. The molecule has 2 aliphatic rings. The monoisotopic (exact) mass is 347 g/mol. The van der Waals surface area contributed by atoms with E-state index >= 15 is 0 Å². The fraction of sp³-hybridized carbons (Fsp3) is 0.556. The molecule has 0 spiro atoms. The van der Waals surface area contributed by atoms with Crippen LogP contribution in [0.2, 0.25) is 0 Å². The van der Waals surface area contributed by atoms with Crippen LogP contribution in [0.1, 0.15) is 12.8 Å². The van der Waals surface area contributed by atoms with Crippen molar-refractivity contribution in [2.24, 2.45) is 0 Å². The first-order chi connectivity index (χ1) is 12.1. The summed E-state index contributed by atoms with van der Waals surface area (Å²) >= 11 is 0. The third-order valence-electron chi connectivity index (χ3n) is 4.79. The number of rotatable bonds is 4. The number of ether oxygens (including phenoxy) is 1. The normalized spacial score (nSPS) is 22.2. The van der Waals surface area contributed by atoms with E-state index < -0.39 is 0 Å². The summed E-state index contributed by atoms with van der Waals surface area (Å²) in [7, 11) is 1.58. The number of hydrogen-bond acceptors (Lipinski definition) is 5. The van der Waals surface area contributed by atoms with E-state index in [1.165, 1.54) is 0 Å². The zero-order valence-electron chi connectivity index (χ0n) is 14.6. The molecule has 0 unspecified atom stereocenters. The fourth-order valence-corrected chi connectivity index (χ4v) is 3.46. The fourth-order valence-electron chi connectivity index (χ4n) is 3.46. The Labute approximate surface area is 147 Å². The molecule has 2 amide bonds. The van der Waals surface area contributed by atoms with Crippen LogP contribution in [0.15, 0.2) is 24.3 Å². The first-order valence-electron chi connectivity index (χ1n) is 8.70. The number of para-hydroxylation sites is 2. The summed E-state index contributed by atoms with van der Waals surface area (Å²) < 4.78 is 5.33. The lowest BCUT2D eigenvalue weighted by Gasteiger charge is -2.36. The molecule has 7 nitrogen and oxygen atoms in total. The van der Waals surface area contributed by atoms with Crippen molar-refractivity contribution in [1.82, 2.24) is 9.80 Å². The molecule has 1 N–H and O–H groups in total. The minimum atomic E-state index is -0.356. The Bertz CT molecular complexity index is 637. The van der Waals surface area contributed by atoms with Crippen LogP contribution >= 0.6 is 0 Å². The van der Waals surface area contributed by atoms with Crippen molar-refractivity contribution in [3.8, 4) is 5.75 Å². The molecule has 1 atom stereocenters. The number of β-amino-alcohol motifs (C(OH)–C–C–N with tert-alkyl or cyclic N) is 1. The lowest BCUT2D eigenvalue weighted by Crippen LogP contribution is -2.55. The Kier molecular flexibility index (Phi) is 5.55. The number of aliphatic hydroxyl groups is 1. The minimum Gasteiger partial charge on any atom is -0.495 e. The van der Waals surface area contributed by atoms with E-state index in [9.17, 15) is 14.7 Å². The summed E-state index contributed by atoms with van der Waals surface area (Å²) in [6.45, 7) is 2.64. The average molecular weight is 347 g/mol. The third-order valence-corrected chi connectivity index (χ3v) is 4.79. The van der Waals surface area contributed by atoms with Gasteiger partial charge in [0.2, 0.25) is 11.8 Å². The van der Waals surface area contributed by atoms with Crippen LogP contribution in [0.3, 0.4) is 0 Å². The highest BCUT2D eigenvalue weighted by molar-refractivity contribution is 5.99. The predicted molar refractivity (Wildman–Crippen MR) is 93.6 cm³/mol. The highest BCUT2D eigenvalue weighted by atomic mass is 16.5. The number of aliphatic hydroxyl groups excluding tert-OH is 1. The molecule has 0 radical (unpaired) electrons. The standard InChI is InChI=1S/C18H25N3O4/c1-25-16-7-3-2-6-15(16)21-10-9-20(13-18(21)24)17(23)12-19-8-4-5-14(22)11-19/h2-3,6-7,14,22H,4-5,8-13H2,1H3/t14-/m0/s1. The van der Waals surface area contributed by atoms with Crippen molar-refractivity contribution >= 4 is 17.5 Å². The Morgan fingerprint density at radius 1 is 1.28 bits per heavy atom. The first kappa shape index (κ1) is 17.7. The molecule has 0 aliphatic carbocycles. The lowest BCUT2D eigenvalue weighted by atomic mass is 10.1. The SMILES string of the molecule is COc1ccccc1N1CCN(C(=O)CN2CCC[C@H](O)C2)CC1=O. The molecule has 1 aromatic rings. The molecule has 136 valence electrons. The zero-order valence-corrected chi connectivity index (χ0v) is 14.6. The average Bonchev–Trinajstić information content (AvgIpc) is 2.61. The summed E-state index contributed by atoms with van der Waals surface area (Å²) in [5, 5.41) is 9.72. The summed E-state index contributed by atoms with van der Waals surface area (Å²) in [4.78, 5) is 30.3. The first-order valence-corrected chi connectivity index (χ1v) is 8.70. The number of nitrogens with zero attached hydrogens (tertiary/aromatic N) is 3. The highest BCUT2D eigenvalue weighted by Gasteiger charge is 2.30. The van der Waals surface area contributed by atoms with Gasteiger partial charge in [-0.15, -0.1) is 0 Å². The largest absolute Gasteiger partial charge is 0.495 e. The number of benzene rings is 1. The highest BCUT2D eigenvalue weighted by Crippen LogP contribution is 2.28. The molecule has 0 bridgehead atoms. The van der Waals surface area contributed by atoms with Crippen LogP contribution < -0.4 is 9.64 Å². The molecule has 25 heavy (non-hydrogen) atoms. The predicted octanol–water partition coefficient (Wildman–Crippen LogP) is 0.327. The van der Waals surface area contributed by atoms with Crippen molar-refractivity contribution in [3.63, 3.8) is 0 Å². The maximum atomic E-state index is 12.5. The molecule has 0 aromatic heterocycles. The van der Waals surface area contributed by atoms with E-state index in [0.717, 1.165) is 25.1 Å². The number of amides is 2. The van der Waals surface area contributed by atoms with Crippen molar-refractivity contribution in [1.29, 1.82) is 0 Å². The van der Waals surface area contributed by atoms with Gasteiger partial charge in [-0.25, -0.2) is 0 Å². The van der Waals surface area contributed by atoms with Gasteiger partial charge < -0.3 is 19.6 Å². The maximum absolute atomic E-state index is 12.5. The molecule has 2 saturated heterocycles. The van der Waals surface area contributed by atoms with Crippen molar-refractivity contribution < 1.29 is 19.4 Å². The molecule has 2 fully saturated rings. The molecule has 2 heterocycles. The van der Waals surface area contributed by atoms with E-state index in [-0.39, 0.29) is 31.0 Å². The maximum Gasteiger partial charge on any atom is 0.246 e. The van der Waals surface area contributed by atoms with E-state index in [4.69, 9.17) is 4.74 Å². The number of likely N-dealkylation sites (tertiary alicyclic amines) is 1. The van der Waals surface area contributed by atoms with Gasteiger partial charge in [0.15, 0.2) is 0 Å². The summed E-state index contributed by atoms with van der Waals surface area (Å²) in [5.41, 5.74) is 0.737. The van der Waals surface area contributed by atoms with Gasteiger partial charge in [-0.1, -0.05) is 12.1 Å². The molecular weight excluding hydrogens is 322 g/mol. The van der Waals surface area contributed by atoms with E-state index in [2.05, 4.69) is 0 Å². The van der Waals surface area contributed by atoms with E-state index in [1.807, 2.05) is 29.2 Å². The number of hydrogen-bond donors (Lipinski definition) is 1. The van der Waals surface area contributed by atoms with Gasteiger partial charge >= 0.3 is 0 Å². The van der Waals surface area contributed by atoms with Crippen LogP contribution in [0, 0.1) is 0 Å². The molecule has 0 saturated carbocycles. The van der Waals surface area contributed by atoms with Crippen molar-refractivity contribution in [2.75, 3.05) is 51.3 Å². The van der Waals surface area contributed by atoms with Crippen LogP contribution in [0.4, 0.5) is 5.69 Å². The van der Waals surface area contributed by atoms with Crippen LogP contribution in [-0.2, 0) is 9.59 Å². The van der Waals surface area contributed by atoms with Crippen LogP contribution in [-0.4, -0.2) is 79.2 Å². The molecule has 3 rings (SSSR count). The second-order valence-corrected chi connectivity index (χ2v) is 6.56.